The van der Waals surface area contributed by atoms with Crippen LogP contribution in [-0.2, 0) is 13.0 Å². The summed E-state index contributed by atoms with van der Waals surface area (Å²) in [5, 5.41) is 12.1. The number of rotatable bonds is 6. The molecule has 0 amide bonds. The number of hydrogen-bond acceptors (Lipinski definition) is 4. The fourth-order valence-electron chi connectivity index (χ4n) is 1.93. The minimum atomic E-state index is 0. The topological polar surface area (TPSA) is 49.3 Å². The highest BCUT2D eigenvalue weighted by Gasteiger charge is 2.02. The number of thiazole rings is 1. The van der Waals surface area contributed by atoms with Crippen LogP contribution in [0.5, 0.6) is 0 Å². The first-order chi connectivity index (χ1) is 10.2. The third-order valence-corrected chi connectivity index (χ3v) is 5.18. The second-order valence-corrected chi connectivity index (χ2v) is 6.81. The Morgan fingerprint density at radius 2 is 2.09 bits per heavy atom. The van der Waals surface area contributed by atoms with Gasteiger partial charge in [0.2, 0.25) is 0 Å². The number of aliphatic imine (C=N–C) groups is 1. The molecule has 0 aliphatic carbocycles. The molecule has 2 aromatic heterocycles. The van der Waals surface area contributed by atoms with E-state index in [9.17, 15) is 0 Å². The van der Waals surface area contributed by atoms with E-state index in [-0.39, 0.29) is 24.0 Å². The SMILES string of the molecule is CN=C(NCCCc1nc(C)cs1)NCc1sccc1C.I. The van der Waals surface area contributed by atoms with E-state index in [1.165, 1.54) is 15.4 Å². The average Bonchev–Trinajstić information content (AvgIpc) is 3.07. The predicted octanol–water partition coefficient (Wildman–Crippen LogP) is 3.74. The van der Waals surface area contributed by atoms with E-state index >= 15 is 0 Å². The van der Waals surface area contributed by atoms with Crippen molar-refractivity contribution in [2.75, 3.05) is 13.6 Å². The molecule has 0 unspecified atom stereocenters. The van der Waals surface area contributed by atoms with Crippen LogP contribution in [0.2, 0.25) is 0 Å². The fraction of sp³-hybridized carbons (Fsp3) is 0.467. The molecule has 0 aromatic carbocycles. The molecule has 22 heavy (non-hydrogen) atoms. The number of nitrogens with zero attached hydrogens (tertiary/aromatic N) is 2. The molecule has 0 saturated carbocycles. The van der Waals surface area contributed by atoms with E-state index in [0.29, 0.717) is 0 Å². The van der Waals surface area contributed by atoms with Crippen molar-refractivity contribution >= 4 is 52.6 Å². The van der Waals surface area contributed by atoms with Crippen LogP contribution in [0.25, 0.3) is 0 Å². The van der Waals surface area contributed by atoms with E-state index in [2.05, 4.69) is 44.4 Å². The summed E-state index contributed by atoms with van der Waals surface area (Å²) in [6.45, 7) is 5.91. The van der Waals surface area contributed by atoms with E-state index < -0.39 is 0 Å². The summed E-state index contributed by atoms with van der Waals surface area (Å²) in [6.07, 6.45) is 2.08. The van der Waals surface area contributed by atoms with Gasteiger partial charge in [-0.15, -0.1) is 46.7 Å². The maximum atomic E-state index is 4.47. The summed E-state index contributed by atoms with van der Waals surface area (Å²) in [4.78, 5) is 10.1. The summed E-state index contributed by atoms with van der Waals surface area (Å²) in [7, 11) is 1.81. The summed E-state index contributed by atoms with van der Waals surface area (Å²) in [6, 6.07) is 2.15. The zero-order valence-electron chi connectivity index (χ0n) is 13.2. The van der Waals surface area contributed by atoms with Gasteiger partial charge in [-0.2, -0.15) is 0 Å². The summed E-state index contributed by atoms with van der Waals surface area (Å²) in [5.74, 6) is 0.859. The predicted molar refractivity (Wildman–Crippen MR) is 108 cm³/mol. The van der Waals surface area contributed by atoms with Crippen LogP contribution in [0.15, 0.2) is 21.8 Å². The molecule has 0 aliphatic heterocycles. The third kappa shape index (κ3) is 6.21. The van der Waals surface area contributed by atoms with Crippen LogP contribution in [0.1, 0.15) is 27.6 Å². The molecular formula is C15H23IN4S2. The van der Waals surface area contributed by atoms with E-state index in [4.69, 9.17) is 0 Å². The molecule has 2 aromatic rings. The second-order valence-electron chi connectivity index (χ2n) is 4.87. The molecule has 0 atom stereocenters. The second kappa shape index (κ2) is 10.2. The lowest BCUT2D eigenvalue weighted by atomic mass is 10.3. The van der Waals surface area contributed by atoms with Gasteiger partial charge in [-0.05, 0) is 37.3 Å². The molecule has 7 heteroatoms. The zero-order valence-corrected chi connectivity index (χ0v) is 17.1. The largest absolute Gasteiger partial charge is 0.356 e. The Hall–Kier alpha value is -0.670. The number of guanidine groups is 1. The molecule has 0 saturated heterocycles. The first-order valence-electron chi connectivity index (χ1n) is 7.07. The van der Waals surface area contributed by atoms with Crippen molar-refractivity contribution in [3.63, 3.8) is 0 Å². The first kappa shape index (κ1) is 19.4. The highest BCUT2D eigenvalue weighted by atomic mass is 127. The van der Waals surface area contributed by atoms with Crippen LogP contribution in [0.3, 0.4) is 0 Å². The monoisotopic (exact) mass is 450 g/mol. The van der Waals surface area contributed by atoms with Crippen molar-refractivity contribution in [1.82, 2.24) is 15.6 Å². The van der Waals surface area contributed by atoms with Crippen molar-refractivity contribution in [2.24, 2.45) is 4.99 Å². The Kier molecular flexibility index (Phi) is 8.96. The van der Waals surface area contributed by atoms with Gasteiger partial charge < -0.3 is 10.6 Å². The smallest absolute Gasteiger partial charge is 0.191 e. The fourth-order valence-corrected chi connectivity index (χ4v) is 3.60. The summed E-state index contributed by atoms with van der Waals surface area (Å²) < 4.78 is 0. The van der Waals surface area contributed by atoms with Gasteiger partial charge in [-0.3, -0.25) is 4.99 Å². The first-order valence-corrected chi connectivity index (χ1v) is 8.83. The van der Waals surface area contributed by atoms with E-state index in [0.717, 1.165) is 37.6 Å². The van der Waals surface area contributed by atoms with Gasteiger partial charge >= 0.3 is 0 Å². The Bertz CT molecular complexity index is 592. The van der Waals surface area contributed by atoms with Gasteiger partial charge in [-0.1, -0.05) is 0 Å². The number of aryl methyl sites for hydroxylation is 3. The summed E-state index contributed by atoms with van der Waals surface area (Å²) in [5.41, 5.74) is 2.45. The van der Waals surface area contributed by atoms with Crippen LogP contribution in [-0.4, -0.2) is 24.5 Å². The maximum Gasteiger partial charge on any atom is 0.191 e. The number of hydrogen-bond donors (Lipinski definition) is 2. The van der Waals surface area contributed by atoms with Crippen molar-refractivity contribution in [3.05, 3.63) is 38.0 Å². The number of nitrogens with one attached hydrogen (secondary N) is 2. The van der Waals surface area contributed by atoms with Gasteiger partial charge in [0.15, 0.2) is 5.96 Å². The minimum Gasteiger partial charge on any atom is -0.356 e. The zero-order chi connectivity index (χ0) is 15.1. The number of halogens is 1. The molecule has 0 aliphatic rings. The summed E-state index contributed by atoms with van der Waals surface area (Å²) >= 11 is 3.52. The Labute approximate surface area is 157 Å². The van der Waals surface area contributed by atoms with Gasteiger partial charge in [0, 0.05) is 36.0 Å². The third-order valence-electron chi connectivity index (χ3n) is 3.13. The minimum absolute atomic E-state index is 0. The van der Waals surface area contributed by atoms with Crippen LogP contribution in [0, 0.1) is 13.8 Å². The van der Waals surface area contributed by atoms with E-state index in [1.807, 2.05) is 6.92 Å². The molecule has 0 fully saturated rings. The number of aromatic nitrogens is 1. The van der Waals surface area contributed by atoms with Gasteiger partial charge in [0.05, 0.1) is 11.6 Å². The van der Waals surface area contributed by atoms with Crippen molar-refractivity contribution in [3.8, 4) is 0 Å². The normalized spacial score (nSPS) is 11.1. The van der Waals surface area contributed by atoms with Crippen molar-refractivity contribution in [2.45, 2.75) is 33.2 Å². The Balaban J connectivity index is 0.00000242. The Morgan fingerprint density at radius 3 is 2.68 bits per heavy atom. The number of thiophene rings is 1. The lowest BCUT2D eigenvalue weighted by Crippen LogP contribution is -2.37. The van der Waals surface area contributed by atoms with Crippen LogP contribution >= 0.6 is 46.7 Å². The van der Waals surface area contributed by atoms with Crippen molar-refractivity contribution in [1.29, 1.82) is 0 Å². The standard InChI is InChI=1S/C15H22N4S2.HI/c1-11-6-8-20-13(11)9-18-15(16-3)17-7-4-5-14-19-12(2)10-21-14;/h6,8,10H,4-5,7,9H2,1-3H3,(H2,16,17,18);1H. The molecule has 2 N–H and O–H groups in total. The molecule has 122 valence electrons. The lowest BCUT2D eigenvalue weighted by molar-refractivity contribution is 0.740. The molecule has 0 spiro atoms. The van der Waals surface area contributed by atoms with Crippen LogP contribution in [0.4, 0.5) is 0 Å². The van der Waals surface area contributed by atoms with Gasteiger partial charge in [0.25, 0.3) is 0 Å². The quantitative estimate of drug-likeness (QED) is 0.305. The molecule has 2 heterocycles. The maximum absolute atomic E-state index is 4.47. The molecule has 4 nitrogen and oxygen atoms in total. The Morgan fingerprint density at radius 1 is 1.27 bits per heavy atom. The van der Waals surface area contributed by atoms with Crippen molar-refractivity contribution < 1.29 is 0 Å². The molecule has 0 bridgehead atoms. The lowest BCUT2D eigenvalue weighted by Gasteiger charge is -2.11. The average molecular weight is 450 g/mol. The van der Waals surface area contributed by atoms with Crippen LogP contribution < -0.4 is 10.6 Å². The van der Waals surface area contributed by atoms with E-state index in [1.54, 1.807) is 29.7 Å². The van der Waals surface area contributed by atoms with Gasteiger partial charge in [0.1, 0.15) is 0 Å². The van der Waals surface area contributed by atoms with Gasteiger partial charge in [-0.25, -0.2) is 4.98 Å². The highest BCUT2D eigenvalue weighted by molar-refractivity contribution is 14.0. The molecule has 0 radical (unpaired) electrons. The molecule has 2 rings (SSSR count). The highest BCUT2D eigenvalue weighted by Crippen LogP contribution is 2.14. The molecular weight excluding hydrogens is 427 g/mol.